The van der Waals surface area contributed by atoms with E-state index in [0.717, 1.165) is 61.5 Å². The van der Waals surface area contributed by atoms with E-state index in [-0.39, 0.29) is 31.4 Å². The summed E-state index contributed by atoms with van der Waals surface area (Å²) in [5.74, 6) is 1.98. The van der Waals surface area contributed by atoms with Crippen molar-refractivity contribution < 1.29 is 19.4 Å². The number of anilines is 2. The van der Waals surface area contributed by atoms with Crippen LogP contribution < -0.4 is 36.6 Å². The number of nitrogens with two attached hydrogens (primary N) is 1. The maximum absolute atomic E-state index is 13.9. The number of fused-ring (bicyclic) bond motifs is 2. The molecule has 0 bridgehead atoms. The van der Waals surface area contributed by atoms with Gasteiger partial charge < -0.3 is 20.0 Å². The van der Waals surface area contributed by atoms with Gasteiger partial charge in [-0.3, -0.25) is 10.3 Å². The summed E-state index contributed by atoms with van der Waals surface area (Å²) in [5, 5.41) is 13.4. The summed E-state index contributed by atoms with van der Waals surface area (Å²) in [6, 6.07) is 13.3. The van der Waals surface area contributed by atoms with Crippen LogP contribution in [-0.4, -0.2) is 32.5 Å². The van der Waals surface area contributed by atoms with E-state index in [2.05, 4.69) is 10.3 Å². The summed E-state index contributed by atoms with van der Waals surface area (Å²) in [4.78, 5) is 31.3. The smallest absolute Gasteiger partial charge is 0.355 e. The molecule has 6 rings (SSSR count). The van der Waals surface area contributed by atoms with Gasteiger partial charge in [0, 0.05) is 19.8 Å². The van der Waals surface area contributed by atoms with E-state index >= 15 is 0 Å². The molecule has 2 aliphatic heterocycles. The highest BCUT2D eigenvalue weighted by Crippen LogP contribution is 2.27. The number of rotatable bonds is 7. The van der Waals surface area contributed by atoms with Gasteiger partial charge in [-0.1, -0.05) is 24.3 Å². The summed E-state index contributed by atoms with van der Waals surface area (Å²) < 4.78 is 14.7. The largest absolute Gasteiger partial charge is 0.493 e. The van der Waals surface area contributed by atoms with Gasteiger partial charge in [0.2, 0.25) is 5.95 Å². The Morgan fingerprint density at radius 1 is 0.950 bits per heavy atom. The number of nitrogens with one attached hydrogen (secondary N) is 1. The minimum atomic E-state index is -0.659. The molecule has 11 nitrogen and oxygen atoms in total. The quantitative estimate of drug-likeness (QED) is 0.237. The standard InChI is InChI=1S/C29H30N6O5/c1-17-11-18(2)35(38)26(30)23(17)14-31-27-32-28(36)34(16-20-4-6-25-22(13-20)8-10-40-25)29(37)33(27)15-19-3-5-24-21(12-19)7-9-39-24/h3-6,11-13,30,38H,7-10,14-16H2,1-2H3,(H,31,32,36)/p+1. The Hall–Kier alpha value is -4.80. The number of ether oxygens (including phenoxy) is 2. The van der Waals surface area contributed by atoms with Gasteiger partial charge in [-0.25, -0.2) is 14.2 Å². The van der Waals surface area contributed by atoms with Gasteiger partial charge in [0.1, 0.15) is 17.2 Å². The lowest BCUT2D eigenvalue weighted by Crippen LogP contribution is -2.43. The molecular formula is C29H31N6O5+. The van der Waals surface area contributed by atoms with Crippen LogP contribution in [0.1, 0.15) is 39.1 Å². The number of aryl methyl sites for hydroxylation is 2. The lowest BCUT2D eigenvalue weighted by molar-refractivity contribution is -0.897. The molecule has 4 N–H and O–H groups in total. The number of pyridine rings is 1. The highest BCUT2D eigenvalue weighted by molar-refractivity contribution is 5.44. The summed E-state index contributed by atoms with van der Waals surface area (Å²) in [7, 11) is 0. The minimum absolute atomic E-state index is 0.0881. The average Bonchev–Trinajstić information content (AvgIpc) is 3.60. The maximum atomic E-state index is 13.9. The number of hydrogen-bond acceptors (Lipinski definition) is 8. The normalized spacial score (nSPS) is 13.4. The molecule has 2 aliphatic rings. The van der Waals surface area contributed by atoms with E-state index in [1.165, 1.54) is 4.57 Å². The second-order valence-electron chi connectivity index (χ2n) is 10.3. The van der Waals surface area contributed by atoms with Crippen molar-refractivity contribution >= 4 is 11.8 Å². The van der Waals surface area contributed by atoms with Crippen LogP contribution in [0.2, 0.25) is 0 Å². The van der Waals surface area contributed by atoms with E-state index < -0.39 is 11.4 Å². The molecule has 2 aromatic carbocycles. The first kappa shape index (κ1) is 25.5. The molecule has 0 spiro atoms. The van der Waals surface area contributed by atoms with Crippen LogP contribution in [-0.2, 0) is 32.5 Å². The molecule has 0 unspecified atom stereocenters. The van der Waals surface area contributed by atoms with E-state index in [0.29, 0.717) is 24.5 Å². The molecule has 4 aromatic rings. The minimum Gasteiger partial charge on any atom is -0.493 e. The maximum Gasteiger partial charge on any atom is 0.355 e. The number of aromatic nitrogens is 4. The van der Waals surface area contributed by atoms with Gasteiger partial charge in [-0.2, -0.15) is 4.98 Å². The lowest BCUT2D eigenvalue weighted by atomic mass is 10.1. The molecule has 0 radical (unpaired) electrons. The highest BCUT2D eigenvalue weighted by Gasteiger charge is 2.21. The molecular weight excluding hydrogens is 512 g/mol. The number of hydrogen-bond donors (Lipinski definition) is 3. The third-order valence-electron chi connectivity index (χ3n) is 7.54. The Morgan fingerprint density at radius 3 is 2.17 bits per heavy atom. The van der Waals surface area contributed by atoms with Crippen molar-refractivity contribution in [2.24, 2.45) is 0 Å². The number of nitrogen functional groups attached to an aromatic ring is 1. The molecule has 0 saturated carbocycles. The predicted octanol–water partition coefficient (Wildman–Crippen LogP) is 1.71. The molecule has 40 heavy (non-hydrogen) atoms. The van der Waals surface area contributed by atoms with E-state index in [1.54, 1.807) is 13.0 Å². The summed E-state index contributed by atoms with van der Waals surface area (Å²) in [5.41, 5.74) is 11.0. The van der Waals surface area contributed by atoms with Gasteiger partial charge >= 0.3 is 17.2 Å². The number of benzene rings is 2. The fraction of sp³-hybridized carbons (Fsp3) is 0.310. The van der Waals surface area contributed by atoms with Crippen molar-refractivity contribution in [3.8, 4) is 11.5 Å². The second kappa shape index (κ2) is 10.1. The fourth-order valence-electron chi connectivity index (χ4n) is 5.36. The van der Waals surface area contributed by atoms with Crippen LogP contribution in [0.4, 0.5) is 11.8 Å². The molecule has 4 heterocycles. The highest BCUT2D eigenvalue weighted by atomic mass is 16.5. The van der Waals surface area contributed by atoms with E-state index in [9.17, 15) is 14.8 Å². The van der Waals surface area contributed by atoms with Crippen molar-refractivity contribution in [2.45, 2.75) is 46.3 Å². The zero-order valence-electron chi connectivity index (χ0n) is 22.4. The molecule has 2 aromatic heterocycles. The lowest BCUT2D eigenvalue weighted by Gasteiger charge is -2.17. The van der Waals surface area contributed by atoms with E-state index in [4.69, 9.17) is 15.2 Å². The van der Waals surface area contributed by atoms with Gasteiger partial charge in [-0.15, -0.1) is 0 Å². The SMILES string of the molecule is Cc1cc(C)[n+](O)c(N)c1CNc1nc(=O)n(Cc2ccc3c(c2)CCO3)c(=O)n1Cc1ccc2c(c1)CCO2. The van der Waals surface area contributed by atoms with Crippen LogP contribution >= 0.6 is 0 Å². The van der Waals surface area contributed by atoms with Gasteiger partial charge in [-0.05, 0) is 57.7 Å². The van der Waals surface area contributed by atoms with Crippen molar-refractivity contribution in [3.63, 3.8) is 0 Å². The van der Waals surface area contributed by atoms with E-state index in [1.807, 2.05) is 43.3 Å². The summed E-state index contributed by atoms with van der Waals surface area (Å²) in [6.07, 6.45) is 1.59. The first-order chi connectivity index (χ1) is 19.3. The van der Waals surface area contributed by atoms with Crippen molar-refractivity contribution in [1.82, 2.24) is 14.1 Å². The molecule has 0 saturated heterocycles. The van der Waals surface area contributed by atoms with Gasteiger partial charge in [0.05, 0.1) is 38.4 Å². The monoisotopic (exact) mass is 543 g/mol. The molecule has 206 valence electrons. The Balaban J connectivity index is 1.38. The number of nitrogens with zero attached hydrogens (tertiary/aromatic N) is 4. The Morgan fingerprint density at radius 2 is 1.55 bits per heavy atom. The van der Waals surface area contributed by atoms with Gasteiger partial charge in [0.25, 0.3) is 0 Å². The van der Waals surface area contributed by atoms with Crippen molar-refractivity contribution in [2.75, 3.05) is 24.3 Å². The summed E-state index contributed by atoms with van der Waals surface area (Å²) >= 11 is 0. The van der Waals surface area contributed by atoms with Gasteiger partial charge in [0.15, 0.2) is 0 Å². The average molecular weight is 544 g/mol. The van der Waals surface area contributed by atoms with Crippen LogP contribution in [0.15, 0.2) is 52.1 Å². The second-order valence-corrected chi connectivity index (χ2v) is 10.3. The van der Waals surface area contributed by atoms with Crippen LogP contribution in [0.3, 0.4) is 0 Å². The van der Waals surface area contributed by atoms with Crippen molar-refractivity contribution in [1.29, 1.82) is 0 Å². The molecule has 0 aliphatic carbocycles. The van der Waals surface area contributed by atoms with Crippen LogP contribution in [0.25, 0.3) is 0 Å². The zero-order chi connectivity index (χ0) is 28.0. The Kier molecular flexibility index (Phi) is 6.41. The molecule has 0 amide bonds. The van der Waals surface area contributed by atoms with Crippen LogP contribution in [0, 0.1) is 13.8 Å². The topological polar surface area (TPSA) is 138 Å². The third kappa shape index (κ3) is 4.63. The Labute approximate surface area is 230 Å². The molecule has 0 atom stereocenters. The Bertz CT molecular complexity index is 1760. The first-order valence-electron chi connectivity index (χ1n) is 13.2. The van der Waals surface area contributed by atoms with Crippen LogP contribution in [0.5, 0.6) is 11.5 Å². The molecule has 0 fully saturated rings. The first-order valence-corrected chi connectivity index (χ1v) is 13.2. The fourth-order valence-corrected chi connectivity index (χ4v) is 5.36. The zero-order valence-corrected chi connectivity index (χ0v) is 22.4. The summed E-state index contributed by atoms with van der Waals surface area (Å²) in [6.45, 7) is 5.32. The molecule has 11 heteroatoms. The predicted molar refractivity (Wildman–Crippen MR) is 147 cm³/mol. The van der Waals surface area contributed by atoms with Crippen molar-refractivity contribution in [3.05, 3.63) is 103 Å². The third-order valence-corrected chi connectivity index (χ3v) is 7.54.